The highest BCUT2D eigenvalue weighted by Crippen LogP contribution is 2.13. The first-order valence-electron chi connectivity index (χ1n) is 8.51. The van der Waals surface area contributed by atoms with Crippen molar-refractivity contribution < 1.29 is 9.59 Å². The van der Waals surface area contributed by atoms with Crippen molar-refractivity contribution in [3.8, 4) is 12.3 Å². The minimum absolute atomic E-state index is 0.122. The molecule has 0 saturated carbocycles. The summed E-state index contributed by atoms with van der Waals surface area (Å²) in [6.07, 6.45) is 5.34. The number of anilines is 2. The number of nitrogens with zero attached hydrogens (tertiary/aromatic N) is 2. The Balaban J connectivity index is 1.81. The molecule has 0 unspecified atom stereocenters. The van der Waals surface area contributed by atoms with E-state index in [4.69, 9.17) is 6.42 Å². The number of urea groups is 1. The number of carbonyl (C=O) groups excluding carboxylic acids is 2. The molecule has 0 aliphatic rings. The van der Waals surface area contributed by atoms with Crippen LogP contribution in [0.25, 0.3) is 0 Å². The van der Waals surface area contributed by atoms with Crippen molar-refractivity contribution in [1.82, 2.24) is 10.2 Å². The highest BCUT2D eigenvalue weighted by Gasteiger charge is 2.11. The Morgan fingerprint density at radius 3 is 2.41 bits per heavy atom. The first-order valence-corrected chi connectivity index (χ1v) is 8.51. The van der Waals surface area contributed by atoms with E-state index in [0.29, 0.717) is 17.8 Å². The van der Waals surface area contributed by atoms with Crippen LogP contribution in [-0.2, 0) is 11.3 Å². The molecule has 27 heavy (non-hydrogen) atoms. The van der Waals surface area contributed by atoms with Gasteiger partial charge in [-0.1, -0.05) is 24.1 Å². The molecule has 6 nitrogen and oxygen atoms in total. The van der Waals surface area contributed by atoms with Gasteiger partial charge in [-0.3, -0.25) is 4.79 Å². The van der Waals surface area contributed by atoms with Crippen LogP contribution >= 0.6 is 0 Å². The van der Waals surface area contributed by atoms with Gasteiger partial charge in [-0.05, 0) is 35.9 Å². The van der Waals surface area contributed by atoms with Crippen molar-refractivity contribution in [2.75, 3.05) is 37.9 Å². The van der Waals surface area contributed by atoms with Crippen LogP contribution in [0.3, 0.4) is 0 Å². The van der Waals surface area contributed by atoms with Gasteiger partial charge in [0.15, 0.2) is 0 Å². The van der Waals surface area contributed by atoms with E-state index in [2.05, 4.69) is 16.6 Å². The number of hydrogen-bond donors (Lipinski definition) is 2. The monoisotopic (exact) mass is 364 g/mol. The van der Waals surface area contributed by atoms with Gasteiger partial charge >= 0.3 is 6.03 Å². The lowest BCUT2D eigenvalue weighted by atomic mass is 10.2. The minimum Gasteiger partial charge on any atom is -0.378 e. The molecule has 0 aliphatic carbocycles. The third-order valence-corrected chi connectivity index (χ3v) is 3.93. The third kappa shape index (κ3) is 6.08. The smallest absolute Gasteiger partial charge is 0.317 e. The number of nitrogens with one attached hydrogen (secondary N) is 2. The second-order valence-corrected chi connectivity index (χ2v) is 6.35. The van der Waals surface area contributed by atoms with E-state index in [-0.39, 0.29) is 18.5 Å². The summed E-state index contributed by atoms with van der Waals surface area (Å²) in [6.45, 7) is 0.328. The summed E-state index contributed by atoms with van der Waals surface area (Å²) in [5, 5.41) is 5.31. The number of carbonyl (C=O) groups is 2. The number of benzene rings is 2. The van der Waals surface area contributed by atoms with Crippen molar-refractivity contribution >= 4 is 23.3 Å². The number of terminal acetylenes is 1. The van der Waals surface area contributed by atoms with Gasteiger partial charge in [0.2, 0.25) is 5.91 Å². The Kier molecular flexibility index (Phi) is 6.84. The van der Waals surface area contributed by atoms with Crippen LogP contribution in [0, 0.1) is 12.3 Å². The summed E-state index contributed by atoms with van der Waals surface area (Å²) in [5.74, 6) is 2.19. The molecule has 0 bridgehead atoms. The van der Waals surface area contributed by atoms with E-state index in [1.807, 2.05) is 43.3 Å². The van der Waals surface area contributed by atoms with Gasteiger partial charge in [-0.15, -0.1) is 6.42 Å². The van der Waals surface area contributed by atoms with Crippen molar-refractivity contribution in [2.45, 2.75) is 6.54 Å². The molecule has 0 aromatic heterocycles. The molecule has 2 aromatic rings. The molecule has 3 amide bonds. The number of rotatable bonds is 6. The summed E-state index contributed by atoms with van der Waals surface area (Å²) in [6, 6.07) is 14.6. The lowest BCUT2D eigenvalue weighted by Gasteiger charge is -2.19. The lowest BCUT2D eigenvalue weighted by molar-refractivity contribution is -0.115. The topological polar surface area (TPSA) is 64.7 Å². The quantitative estimate of drug-likeness (QED) is 0.774. The van der Waals surface area contributed by atoms with Crippen LogP contribution in [0.4, 0.5) is 16.2 Å². The average Bonchev–Trinajstić information content (AvgIpc) is 2.66. The van der Waals surface area contributed by atoms with Crippen molar-refractivity contribution in [3.05, 3.63) is 59.7 Å². The van der Waals surface area contributed by atoms with Crippen molar-refractivity contribution in [2.24, 2.45) is 0 Å². The third-order valence-electron chi connectivity index (χ3n) is 3.93. The number of hydrogen-bond acceptors (Lipinski definition) is 3. The maximum atomic E-state index is 12.2. The minimum atomic E-state index is -0.320. The summed E-state index contributed by atoms with van der Waals surface area (Å²) in [5.41, 5.74) is 3.38. The largest absolute Gasteiger partial charge is 0.378 e. The summed E-state index contributed by atoms with van der Waals surface area (Å²) in [4.78, 5) is 27.7. The normalized spacial score (nSPS) is 9.85. The molecule has 6 heteroatoms. The molecular weight excluding hydrogens is 340 g/mol. The summed E-state index contributed by atoms with van der Waals surface area (Å²) >= 11 is 0. The number of amides is 3. The van der Waals surface area contributed by atoms with E-state index in [1.165, 1.54) is 4.90 Å². The summed E-state index contributed by atoms with van der Waals surface area (Å²) in [7, 11) is 5.63. The first-order chi connectivity index (χ1) is 12.9. The highest BCUT2D eigenvalue weighted by atomic mass is 16.2. The molecule has 140 valence electrons. The van der Waals surface area contributed by atoms with Gasteiger partial charge in [0, 0.05) is 44.6 Å². The molecule has 2 N–H and O–H groups in total. The zero-order chi connectivity index (χ0) is 19.8. The fourth-order valence-corrected chi connectivity index (χ4v) is 2.43. The van der Waals surface area contributed by atoms with E-state index in [1.54, 1.807) is 31.3 Å². The molecule has 0 aliphatic heterocycles. The van der Waals surface area contributed by atoms with Crippen LogP contribution < -0.4 is 15.5 Å². The zero-order valence-corrected chi connectivity index (χ0v) is 15.8. The Morgan fingerprint density at radius 1 is 1.07 bits per heavy atom. The van der Waals surface area contributed by atoms with Crippen LogP contribution in [0.2, 0.25) is 0 Å². The SMILES string of the molecule is C#Cc1cccc(NC(=O)CNC(=O)N(C)Cc2ccc(N(C)C)cc2)c1. The second-order valence-electron chi connectivity index (χ2n) is 6.35. The predicted molar refractivity (Wildman–Crippen MR) is 109 cm³/mol. The van der Waals surface area contributed by atoms with Gasteiger partial charge in [-0.25, -0.2) is 4.79 Å². The maximum Gasteiger partial charge on any atom is 0.317 e. The van der Waals surface area contributed by atoms with E-state index >= 15 is 0 Å². The van der Waals surface area contributed by atoms with Crippen LogP contribution in [0.1, 0.15) is 11.1 Å². The molecule has 0 atom stereocenters. The molecule has 0 fully saturated rings. The fourth-order valence-electron chi connectivity index (χ4n) is 2.43. The van der Waals surface area contributed by atoms with Crippen molar-refractivity contribution in [3.63, 3.8) is 0 Å². The van der Waals surface area contributed by atoms with Gasteiger partial charge in [0.1, 0.15) is 0 Å². The van der Waals surface area contributed by atoms with Crippen molar-refractivity contribution in [1.29, 1.82) is 0 Å². The van der Waals surface area contributed by atoms with Gasteiger partial charge in [0.05, 0.1) is 6.54 Å². The zero-order valence-electron chi connectivity index (χ0n) is 15.8. The molecule has 2 aromatic carbocycles. The average molecular weight is 364 g/mol. The molecular formula is C21H24N4O2. The van der Waals surface area contributed by atoms with Gasteiger partial charge in [-0.2, -0.15) is 0 Å². The Morgan fingerprint density at radius 2 is 1.78 bits per heavy atom. The molecule has 0 saturated heterocycles. The standard InChI is InChI=1S/C21H24N4O2/c1-5-16-7-6-8-18(13-16)23-20(26)14-22-21(27)25(4)15-17-9-11-19(12-10-17)24(2)3/h1,6-13H,14-15H2,2-4H3,(H,22,27)(H,23,26). The second kappa shape index (κ2) is 9.30. The van der Waals surface area contributed by atoms with Gasteiger partial charge in [0.25, 0.3) is 0 Å². The molecule has 0 heterocycles. The fraction of sp³-hybridized carbons (Fsp3) is 0.238. The molecule has 0 spiro atoms. The van der Waals surface area contributed by atoms with E-state index in [0.717, 1.165) is 11.3 Å². The Labute approximate surface area is 160 Å². The summed E-state index contributed by atoms with van der Waals surface area (Å²) < 4.78 is 0. The Hall–Kier alpha value is -3.46. The molecule has 2 rings (SSSR count). The Bertz CT molecular complexity index is 838. The lowest BCUT2D eigenvalue weighted by Crippen LogP contribution is -2.40. The maximum absolute atomic E-state index is 12.2. The van der Waals surface area contributed by atoms with Crippen LogP contribution in [0.15, 0.2) is 48.5 Å². The van der Waals surface area contributed by atoms with Crippen LogP contribution in [0.5, 0.6) is 0 Å². The highest BCUT2D eigenvalue weighted by molar-refractivity contribution is 5.94. The first kappa shape index (κ1) is 19.9. The predicted octanol–water partition coefficient (Wildman–Crippen LogP) is 2.51. The van der Waals surface area contributed by atoms with E-state index in [9.17, 15) is 9.59 Å². The van der Waals surface area contributed by atoms with Gasteiger partial charge < -0.3 is 20.4 Å². The molecule has 0 radical (unpaired) electrons. The van der Waals surface area contributed by atoms with Crippen LogP contribution in [-0.4, -0.2) is 44.5 Å². The van der Waals surface area contributed by atoms with E-state index < -0.39 is 0 Å².